The van der Waals surface area contributed by atoms with E-state index in [1.807, 2.05) is 0 Å². The highest BCUT2D eigenvalue weighted by Crippen LogP contribution is 2.33. The van der Waals surface area contributed by atoms with Crippen molar-refractivity contribution in [2.75, 3.05) is 6.73 Å². The lowest BCUT2D eigenvalue weighted by atomic mass is 9.97. The number of imide groups is 1. The molecule has 8 nitrogen and oxygen atoms in total. The maximum Gasteiger partial charge on any atom is 0.309 e. The van der Waals surface area contributed by atoms with Crippen molar-refractivity contribution in [3.8, 4) is 0 Å². The predicted molar refractivity (Wildman–Crippen MR) is 113 cm³/mol. The van der Waals surface area contributed by atoms with Gasteiger partial charge in [0, 0.05) is 11.4 Å². The molecule has 1 aromatic carbocycles. The lowest BCUT2D eigenvalue weighted by Crippen LogP contribution is -2.33. The zero-order valence-electron chi connectivity index (χ0n) is 16.6. The van der Waals surface area contributed by atoms with Gasteiger partial charge in [0.05, 0.1) is 29.3 Å². The number of rotatable bonds is 5. The number of ether oxygens (including phenoxy) is 1. The predicted octanol–water partition coefficient (Wildman–Crippen LogP) is 2.52. The van der Waals surface area contributed by atoms with Crippen LogP contribution in [0, 0.1) is 0 Å². The maximum atomic E-state index is 12.9. The lowest BCUT2D eigenvalue weighted by Gasteiger charge is -2.14. The molecule has 5 rings (SSSR count). The van der Waals surface area contributed by atoms with Crippen LogP contribution < -0.4 is 5.56 Å². The molecule has 158 valence electrons. The van der Waals surface area contributed by atoms with Gasteiger partial charge in [-0.05, 0) is 43.4 Å². The Labute approximate surface area is 181 Å². The Bertz CT molecular complexity index is 1260. The minimum atomic E-state index is -0.601. The van der Waals surface area contributed by atoms with Gasteiger partial charge in [0.25, 0.3) is 17.4 Å². The number of carbonyl (C=O) groups is 3. The average molecular weight is 437 g/mol. The van der Waals surface area contributed by atoms with Crippen LogP contribution in [-0.4, -0.2) is 39.0 Å². The van der Waals surface area contributed by atoms with Crippen LogP contribution in [0.15, 0.2) is 35.4 Å². The molecule has 3 aromatic rings. The van der Waals surface area contributed by atoms with E-state index in [1.165, 1.54) is 15.8 Å². The summed E-state index contributed by atoms with van der Waals surface area (Å²) in [7, 11) is 0. The van der Waals surface area contributed by atoms with Crippen LogP contribution in [-0.2, 0) is 28.9 Å². The minimum absolute atomic E-state index is 0.0669. The molecular weight excluding hydrogens is 418 g/mol. The number of benzene rings is 1. The Morgan fingerprint density at radius 1 is 1.06 bits per heavy atom. The number of thiophene rings is 1. The van der Waals surface area contributed by atoms with Gasteiger partial charge in [0.2, 0.25) is 0 Å². The Kier molecular flexibility index (Phi) is 4.90. The quantitative estimate of drug-likeness (QED) is 0.449. The number of hydrogen-bond donors (Lipinski definition) is 0. The third-order valence-electron chi connectivity index (χ3n) is 5.73. The SMILES string of the molecule is O=C(CCn1cnc2sc3c(c2c1=O)CCCC3)OCN1C(=O)c2ccccc2C1=O. The summed E-state index contributed by atoms with van der Waals surface area (Å²) in [5.74, 6) is -1.57. The molecule has 9 heteroatoms. The monoisotopic (exact) mass is 437 g/mol. The smallest absolute Gasteiger partial charge is 0.309 e. The number of esters is 1. The first-order valence-corrected chi connectivity index (χ1v) is 11.0. The van der Waals surface area contributed by atoms with E-state index in [2.05, 4.69) is 4.98 Å². The zero-order chi connectivity index (χ0) is 21.5. The van der Waals surface area contributed by atoms with E-state index in [0.29, 0.717) is 16.5 Å². The van der Waals surface area contributed by atoms with Crippen molar-refractivity contribution in [1.82, 2.24) is 14.5 Å². The van der Waals surface area contributed by atoms with Crippen LogP contribution in [0.1, 0.15) is 50.4 Å². The van der Waals surface area contributed by atoms with Gasteiger partial charge < -0.3 is 4.74 Å². The third-order valence-corrected chi connectivity index (χ3v) is 6.93. The highest BCUT2D eigenvalue weighted by atomic mass is 32.1. The normalized spacial score (nSPS) is 15.3. The molecule has 0 bridgehead atoms. The lowest BCUT2D eigenvalue weighted by molar-refractivity contribution is -0.146. The van der Waals surface area contributed by atoms with E-state index < -0.39 is 24.5 Å². The molecule has 1 aliphatic carbocycles. The molecule has 0 saturated carbocycles. The van der Waals surface area contributed by atoms with Crippen molar-refractivity contribution < 1.29 is 19.1 Å². The topological polar surface area (TPSA) is 98.6 Å². The van der Waals surface area contributed by atoms with Crippen LogP contribution in [0.5, 0.6) is 0 Å². The molecule has 0 unspecified atom stereocenters. The van der Waals surface area contributed by atoms with E-state index in [-0.39, 0.29) is 18.5 Å². The van der Waals surface area contributed by atoms with Gasteiger partial charge in [-0.2, -0.15) is 0 Å². The third kappa shape index (κ3) is 3.34. The van der Waals surface area contributed by atoms with Crippen LogP contribution >= 0.6 is 11.3 Å². The standard InChI is InChI=1S/C22H19N3O5S/c26-17(30-12-25-20(27)13-5-1-2-6-14(13)21(25)28)9-10-24-11-23-19-18(22(24)29)15-7-3-4-8-16(15)31-19/h1-2,5-6,11H,3-4,7-10,12H2. The average Bonchev–Trinajstić information content (AvgIpc) is 3.28. The van der Waals surface area contributed by atoms with Crippen LogP contribution in [0.4, 0.5) is 0 Å². The summed E-state index contributed by atoms with van der Waals surface area (Å²) in [6, 6.07) is 6.48. The van der Waals surface area contributed by atoms with Crippen molar-refractivity contribution in [3.05, 3.63) is 62.5 Å². The van der Waals surface area contributed by atoms with Gasteiger partial charge in [-0.25, -0.2) is 9.88 Å². The first-order valence-electron chi connectivity index (χ1n) is 10.1. The first-order chi connectivity index (χ1) is 15.0. The van der Waals surface area contributed by atoms with Crippen LogP contribution in [0.3, 0.4) is 0 Å². The molecule has 3 heterocycles. The van der Waals surface area contributed by atoms with Gasteiger partial charge in [0.15, 0.2) is 6.73 Å². The minimum Gasteiger partial charge on any atom is -0.444 e. The van der Waals surface area contributed by atoms with Crippen molar-refractivity contribution in [2.24, 2.45) is 0 Å². The van der Waals surface area contributed by atoms with Gasteiger partial charge in [-0.3, -0.25) is 23.7 Å². The van der Waals surface area contributed by atoms with Crippen LogP contribution in [0.2, 0.25) is 0 Å². The number of amides is 2. The van der Waals surface area contributed by atoms with Gasteiger partial charge in [-0.15, -0.1) is 11.3 Å². The first kappa shape index (κ1) is 19.6. The molecule has 0 atom stereocenters. The second-order valence-corrected chi connectivity index (χ2v) is 8.70. The molecule has 0 fully saturated rings. The number of fused-ring (bicyclic) bond motifs is 4. The Morgan fingerprint density at radius 2 is 1.77 bits per heavy atom. The molecule has 1 aliphatic heterocycles. The zero-order valence-corrected chi connectivity index (χ0v) is 17.4. The Balaban J connectivity index is 1.24. The van der Waals surface area contributed by atoms with E-state index in [9.17, 15) is 19.2 Å². The molecule has 2 amide bonds. The molecular formula is C22H19N3O5S. The number of nitrogens with zero attached hydrogens (tertiary/aromatic N) is 3. The molecule has 0 N–H and O–H groups in total. The number of aryl methyl sites for hydroxylation is 3. The second-order valence-electron chi connectivity index (χ2n) is 7.61. The molecule has 0 saturated heterocycles. The number of carbonyl (C=O) groups excluding carboxylic acids is 3. The summed E-state index contributed by atoms with van der Waals surface area (Å²) in [4.78, 5) is 57.1. The highest BCUT2D eigenvalue weighted by Gasteiger charge is 2.35. The summed E-state index contributed by atoms with van der Waals surface area (Å²) >= 11 is 1.58. The fourth-order valence-electron chi connectivity index (χ4n) is 4.12. The fourth-order valence-corrected chi connectivity index (χ4v) is 5.34. The fraction of sp³-hybridized carbons (Fsp3) is 0.318. The van der Waals surface area contributed by atoms with E-state index in [0.717, 1.165) is 41.0 Å². The number of hydrogen-bond acceptors (Lipinski definition) is 7. The van der Waals surface area contributed by atoms with Crippen molar-refractivity contribution in [2.45, 2.75) is 38.6 Å². The van der Waals surface area contributed by atoms with E-state index in [1.54, 1.807) is 35.6 Å². The Morgan fingerprint density at radius 3 is 2.52 bits per heavy atom. The largest absolute Gasteiger partial charge is 0.444 e. The van der Waals surface area contributed by atoms with Gasteiger partial charge >= 0.3 is 5.97 Å². The van der Waals surface area contributed by atoms with Crippen LogP contribution in [0.25, 0.3) is 10.2 Å². The van der Waals surface area contributed by atoms with Gasteiger partial charge in [0.1, 0.15) is 4.83 Å². The summed E-state index contributed by atoms with van der Waals surface area (Å²) in [6.45, 7) is -0.331. The van der Waals surface area contributed by atoms with Crippen molar-refractivity contribution in [3.63, 3.8) is 0 Å². The molecule has 0 radical (unpaired) electrons. The molecule has 0 spiro atoms. The van der Waals surface area contributed by atoms with Crippen molar-refractivity contribution >= 4 is 39.3 Å². The molecule has 2 aromatic heterocycles. The summed E-state index contributed by atoms with van der Waals surface area (Å²) in [5, 5.41) is 0.668. The van der Waals surface area contributed by atoms with Crippen molar-refractivity contribution in [1.29, 1.82) is 0 Å². The summed E-state index contributed by atoms with van der Waals surface area (Å²) in [5.41, 5.74) is 1.56. The van der Waals surface area contributed by atoms with Gasteiger partial charge in [-0.1, -0.05) is 12.1 Å². The number of aromatic nitrogens is 2. The maximum absolute atomic E-state index is 12.9. The summed E-state index contributed by atoms with van der Waals surface area (Å²) < 4.78 is 6.56. The highest BCUT2D eigenvalue weighted by molar-refractivity contribution is 7.18. The Hall–Kier alpha value is -3.33. The summed E-state index contributed by atoms with van der Waals surface area (Å²) in [6.07, 6.45) is 5.47. The molecule has 31 heavy (non-hydrogen) atoms. The van der Waals surface area contributed by atoms with E-state index >= 15 is 0 Å². The second kappa shape index (κ2) is 7.73. The molecule has 2 aliphatic rings. The van der Waals surface area contributed by atoms with E-state index in [4.69, 9.17) is 4.74 Å².